The van der Waals surface area contributed by atoms with Crippen molar-refractivity contribution in [2.45, 2.75) is 28.9 Å². The maximum Gasteiger partial charge on any atom is 0.0302 e. The summed E-state index contributed by atoms with van der Waals surface area (Å²) in [6.07, 6.45) is 4.39. The molecule has 0 radical (unpaired) electrons. The molecule has 2 fully saturated rings. The normalized spacial score (nSPS) is 56.7. The van der Waals surface area contributed by atoms with E-state index in [2.05, 4.69) is 31.9 Å². The van der Waals surface area contributed by atoms with Gasteiger partial charge in [0.15, 0.2) is 0 Å². The molecule has 0 aromatic rings. The number of alkyl halides is 2. The highest BCUT2D eigenvalue weighted by Gasteiger charge is 2.44. The predicted octanol–water partition coefficient (Wildman–Crippen LogP) is 2.94. The molecule has 0 aromatic heterocycles. The molecule has 0 nitrogen and oxygen atoms in total. The highest BCUT2D eigenvalue weighted by Crippen LogP contribution is 2.50. The molecule has 2 heteroatoms. The molecule has 52 valence electrons. The van der Waals surface area contributed by atoms with Crippen molar-refractivity contribution in [1.29, 1.82) is 0 Å². The van der Waals surface area contributed by atoms with Gasteiger partial charge in [0, 0.05) is 9.65 Å². The monoisotopic (exact) mass is 252 g/mol. The van der Waals surface area contributed by atoms with E-state index in [1.807, 2.05) is 0 Å². The zero-order valence-electron chi connectivity index (χ0n) is 5.19. The number of rotatable bonds is 0. The van der Waals surface area contributed by atoms with Crippen LogP contribution in [0.2, 0.25) is 0 Å². The standard InChI is InChI=1S/C7H10Br2/c8-6-4-1-2-5(3-4)7(6)9/h4-7H,1-3H2. The van der Waals surface area contributed by atoms with E-state index in [9.17, 15) is 0 Å². The zero-order chi connectivity index (χ0) is 6.43. The molecule has 0 aromatic carbocycles. The molecule has 0 spiro atoms. The summed E-state index contributed by atoms with van der Waals surface area (Å²) in [5.74, 6) is 1.97. The summed E-state index contributed by atoms with van der Waals surface area (Å²) in [6.45, 7) is 0. The molecule has 2 rings (SSSR count). The lowest BCUT2D eigenvalue weighted by Gasteiger charge is -2.20. The molecule has 0 amide bonds. The lowest BCUT2D eigenvalue weighted by molar-refractivity contribution is 0.514. The van der Waals surface area contributed by atoms with Crippen LogP contribution in [0.3, 0.4) is 0 Å². The van der Waals surface area contributed by atoms with Crippen molar-refractivity contribution in [3.05, 3.63) is 0 Å². The molecule has 2 aliphatic rings. The molecular weight excluding hydrogens is 244 g/mol. The fraction of sp³-hybridized carbons (Fsp3) is 1.00. The third-order valence-corrected chi connectivity index (χ3v) is 6.06. The Kier molecular flexibility index (Phi) is 1.65. The number of fused-ring (bicyclic) bond motifs is 2. The first-order valence-corrected chi connectivity index (χ1v) is 5.40. The summed E-state index contributed by atoms with van der Waals surface area (Å²) in [7, 11) is 0. The Morgan fingerprint density at radius 1 is 0.889 bits per heavy atom. The van der Waals surface area contributed by atoms with E-state index in [-0.39, 0.29) is 0 Å². The summed E-state index contributed by atoms with van der Waals surface area (Å²) in [4.78, 5) is 1.55. The average Bonchev–Trinajstić information content (AvgIpc) is 2.37. The van der Waals surface area contributed by atoms with Crippen LogP contribution in [-0.4, -0.2) is 9.65 Å². The molecule has 9 heavy (non-hydrogen) atoms. The van der Waals surface area contributed by atoms with E-state index < -0.39 is 0 Å². The van der Waals surface area contributed by atoms with Gasteiger partial charge in [-0.15, -0.1) is 0 Å². The molecule has 2 saturated carbocycles. The van der Waals surface area contributed by atoms with Gasteiger partial charge in [0.2, 0.25) is 0 Å². The summed E-state index contributed by atoms with van der Waals surface area (Å²) < 4.78 is 0. The third-order valence-electron chi connectivity index (χ3n) is 2.72. The molecule has 0 saturated heterocycles. The Bertz CT molecular complexity index is 106. The quantitative estimate of drug-likeness (QED) is 0.583. The van der Waals surface area contributed by atoms with Gasteiger partial charge in [-0.25, -0.2) is 0 Å². The van der Waals surface area contributed by atoms with Gasteiger partial charge in [-0.3, -0.25) is 0 Å². The Labute approximate surface area is 72.7 Å². The molecule has 4 unspecified atom stereocenters. The first kappa shape index (κ1) is 6.66. The van der Waals surface area contributed by atoms with Gasteiger partial charge in [0.1, 0.15) is 0 Å². The largest absolute Gasteiger partial charge is 0.0875 e. The average molecular weight is 254 g/mol. The minimum absolute atomic E-state index is 0.774. The van der Waals surface area contributed by atoms with Crippen LogP contribution in [-0.2, 0) is 0 Å². The first-order chi connectivity index (χ1) is 4.29. The summed E-state index contributed by atoms with van der Waals surface area (Å²) in [5, 5.41) is 0. The molecule has 0 N–H and O–H groups in total. The van der Waals surface area contributed by atoms with Crippen molar-refractivity contribution in [3.8, 4) is 0 Å². The van der Waals surface area contributed by atoms with Crippen LogP contribution in [0.4, 0.5) is 0 Å². The number of hydrogen-bond acceptors (Lipinski definition) is 0. The van der Waals surface area contributed by atoms with Crippen LogP contribution in [0.25, 0.3) is 0 Å². The minimum Gasteiger partial charge on any atom is -0.0875 e. The second-order valence-corrected chi connectivity index (χ2v) is 5.34. The van der Waals surface area contributed by atoms with Crippen LogP contribution >= 0.6 is 31.9 Å². The van der Waals surface area contributed by atoms with Gasteiger partial charge in [-0.05, 0) is 31.1 Å². The van der Waals surface area contributed by atoms with Gasteiger partial charge < -0.3 is 0 Å². The molecule has 0 aliphatic heterocycles. The van der Waals surface area contributed by atoms with Crippen molar-refractivity contribution >= 4 is 31.9 Å². The van der Waals surface area contributed by atoms with Crippen LogP contribution in [0.5, 0.6) is 0 Å². The highest BCUT2D eigenvalue weighted by atomic mass is 79.9. The maximum atomic E-state index is 3.71. The molecule has 4 atom stereocenters. The van der Waals surface area contributed by atoms with Crippen LogP contribution in [0.1, 0.15) is 19.3 Å². The molecule has 0 heterocycles. The number of halogens is 2. The fourth-order valence-corrected chi connectivity index (χ4v) is 3.97. The highest BCUT2D eigenvalue weighted by molar-refractivity contribution is 9.12. The van der Waals surface area contributed by atoms with E-state index >= 15 is 0 Å². The lowest BCUT2D eigenvalue weighted by atomic mass is 10.0. The summed E-state index contributed by atoms with van der Waals surface area (Å²) in [5.41, 5.74) is 0. The predicted molar refractivity (Wildman–Crippen MR) is 46.3 cm³/mol. The molecular formula is C7H10Br2. The van der Waals surface area contributed by atoms with Gasteiger partial charge in [-0.1, -0.05) is 31.9 Å². The Balaban J connectivity index is 2.15. The van der Waals surface area contributed by atoms with E-state index in [1.54, 1.807) is 0 Å². The van der Waals surface area contributed by atoms with Crippen molar-refractivity contribution < 1.29 is 0 Å². The Hall–Kier alpha value is 0.960. The fourth-order valence-electron chi connectivity index (χ4n) is 2.15. The smallest absolute Gasteiger partial charge is 0.0302 e. The zero-order valence-corrected chi connectivity index (χ0v) is 8.36. The van der Waals surface area contributed by atoms with E-state index in [4.69, 9.17) is 0 Å². The van der Waals surface area contributed by atoms with Gasteiger partial charge in [0.05, 0.1) is 0 Å². The lowest BCUT2D eigenvalue weighted by Crippen LogP contribution is -2.21. The van der Waals surface area contributed by atoms with Crippen molar-refractivity contribution in [2.24, 2.45) is 11.8 Å². The van der Waals surface area contributed by atoms with Crippen molar-refractivity contribution in [2.75, 3.05) is 0 Å². The topological polar surface area (TPSA) is 0 Å². The SMILES string of the molecule is BrC1C2CCC(C2)C1Br. The summed E-state index contributed by atoms with van der Waals surface area (Å²) >= 11 is 7.43. The van der Waals surface area contributed by atoms with Gasteiger partial charge in [-0.2, -0.15) is 0 Å². The second-order valence-electron chi connectivity index (χ2n) is 3.22. The Morgan fingerprint density at radius 2 is 1.33 bits per heavy atom. The van der Waals surface area contributed by atoms with Crippen molar-refractivity contribution in [3.63, 3.8) is 0 Å². The maximum absolute atomic E-state index is 3.71. The van der Waals surface area contributed by atoms with Gasteiger partial charge in [0.25, 0.3) is 0 Å². The van der Waals surface area contributed by atoms with E-state index in [0.29, 0.717) is 0 Å². The Morgan fingerprint density at radius 3 is 1.56 bits per heavy atom. The van der Waals surface area contributed by atoms with Crippen LogP contribution in [0, 0.1) is 11.8 Å². The minimum atomic E-state index is 0.774. The van der Waals surface area contributed by atoms with Crippen LogP contribution < -0.4 is 0 Å². The van der Waals surface area contributed by atoms with E-state index in [0.717, 1.165) is 21.5 Å². The second kappa shape index (κ2) is 2.23. The third kappa shape index (κ3) is 0.900. The first-order valence-electron chi connectivity index (χ1n) is 3.57. The van der Waals surface area contributed by atoms with Gasteiger partial charge >= 0.3 is 0 Å². The van der Waals surface area contributed by atoms with E-state index in [1.165, 1.54) is 19.3 Å². The number of hydrogen-bond donors (Lipinski definition) is 0. The summed E-state index contributed by atoms with van der Waals surface area (Å²) in [6, 6.07) is 0. The molecule has 2 aliphatic carbocycles. The van der Waals surface area contributed by atoms with Crippen LogP contribution in [0.15, 0.2) is 0 Å². The van der Waals surface area contributed by atoms with Crippen molar-refractivity contribution in [1.82, 2.24) is 0 Å². The molecule has 2 bridgehead atoms.